The molecule has 0 bridgehead atoms. The first-order chi connectivity index (χ1) is 9.65. The van der Waals surface area contributed by atoms with Gasteiger partial charge in [-0.2, -0.15) is 0 Å². The fourth-order valence-electron chi connectivity index (χ4n) is 2.36. The lowest BCUT2D eigenvalue weighted by atomic mass is 10.00. The average Bonchev–Trinajstić information content (AvgIpc) is 2.46. The van der Waals surface area contributed by atoms with Gasteiger partial charge in [0.2, 0.25) is 5.91 Å². The van der Waals surface area contributed by atoms with Crippen molar-refractivity contribution in [2.75, 3.05) is 32.5 Å². The molecule has 0 atom stereocenters. The highest BCUT2D eigenvalue weighted by atomic mass is 16.5. The molecular formula is C16H22N2O2. The first-order valence-electron chi connectivity index (χ1n) is 7.01. The van der Waals surface area contributed by atoms with Crippen molar-refractivity contribution in [3.05, 3.63) is 35.9 Å². The predicted molar refractivity (Wildman–Crippen MR) is 81.1 cm³/mol. The second-order valence-corrected chi connectivity index (χ2v) is 5.28. The van der Waals surface area contributed by atoms with Crippen LogP contribution in [0.3, 0.4) is 0 Å². The topological polar surface area (TPSA) is 55.6 Å². The maximum Gasteiger partial charge on any atom is 0.246 e. The molecule has 0 radical (unpaired) electrons. The quantitative estimate of drug-likeness (QED) is 0.676. The minimum Gasteiger partial charge on any atom is -0.399 e. The Bertz CT molecular complexity index is 479. The van der Waals surface area contributed by atoms with E-state index in [1.54, 1.807) is 17.1 Å². The molecule has 0 aliphatic carbocycles. The zero-order chi connectivity index (χ0) is 14.4. The summed E-state index contributed by atoms with van der Waals surface area (Å²) in [5.74, 6) is 0.581. The molecule has 4 heteroatoms. The molecule has 2 N–H and O–H groups in total. The van der Waals surface area contributed by atoms with Crippen molar-refractivity contribution in [1.29, 1.82) is 0 Å². The van der Waals surface area contributed by atoms with Gasteiger partial charge in [-0.25, -0.2) is 0 Å². The number of nitrogens with two attached hydrogens (primary N) is 1. The van der Waals surface area contributed by atoms with Gasteiger partial charge < -0.3 is 15.4 Å². The number of anilines is 1. The Balaban J connectivity index is 1.86. The molecule has 0 unspecified atom stereocenters. The van der Waals surface area contributed by atoms with Gasteiger partial charge in [0.15, 0.2) is 0 Å². The third-order valence-electron chi connectivity index (χ3n) is 3.58. The zero-order valence-corrected chi connectivity index (χ0v) is 11.9. The van der Waals surface area contributed by atoms with Crippen LogP contribution in [0.4, 0.5) is 5.69 Å². The van der Waals surface area contributed by atoms with Gasteiger partial charge in [-0.3, -0.25) is 4.79 Å². The van der Waals surface area contributed by atoms with Crippen LogP contribution in [0.25, 0.3) is 6.08 Å². The van der Waals surface area contributed by atoms with E-state index in [0.29, 0.717) is 11.6 Å². The Morgan fingerprint density at radius 3 is 2.90 bits per heavy atom. The molecule has 2 rings (SSSR count). The highest BCUT2D eigenvalue weighted by molar-refractivity contribution is 5.91. The summed E-state index contributed by atoms with van der Waals surface area (Å²) in [6, 6.07) is 7.49. The summed E-state index contributed by atoms with van der Waals surface area (Å²) in [5.41, 5.74) is 7.35. The Labute approximate surface area is 120 Å². The Hall–Kier alpha value is -1.81. The van der Waals surface area contributed by atoms with E-state index in [1.165, 1.54) is 0 Å². The van der Waals surface area contributed by atoms with E-state index in [2.05, 4.69) is 0 Å². The minimum absolute atomic E-state index is 0.0268. The number of hydrogen-bond donors (Lipinski definition) is 1. The van der Waals surface area contributed by atoms with Crippen molar-refractivity contribution < 1.29 is 9.53 Å². The number of rotatable bonds is 4. The third-order valence-corrected chi connectivity index (χ3v) is 3.58. The van der Waals surface area contributed by atoms with Crippen LogP contribution in [0, 0.1) is 5.92 Å². The number of nitrogen functional groups attached to an aromatic ring is 1. The number of carbonyl (C=O) groups is 1. The Morgan fingerprint density at radius 1 is 1.45 bits per heavy atom. The molecule has 1 aliphatic heterocycles. The molecule has 0 spiro atoms. The number of amides is 1. The standard InChI is InChI=1S/C16H22N2O2/c1-18(12-14-7-9-20-10-8-14)16(19)6-5-13-3-2-4-15(17)11-13/h2-6,11,14H,7-10,12,17H2,1H3/b6-5+. The molecule has 20 heavy (non-hydrogen) atoms. The normalized spacial score (nSPS) is 16.4. The van der Waals surface area contributed by atoms with Crippen LogP contribution >= 0.6 is 0 Å². The van der Waals surface area contributed by atoms with E-state index in [1.807, 2.05) is 31.3 Å². The van der Waals surface area contributed by atoms with Crippen LogP contribution in [0.2, 0.25) is 0 Å². The van der Waals surface area contributed by atoms with Gasteiger partial charge in [-0.15, -0.1) is 0 Å². The highest BCUT2D eigenvalue weighted by Gasteiger charge is 2.17. The molecule has 0 aromatic heterocycles. The molecule has 1 aromatic carbocycles. The summed E-state index contributed by atoms with van der Waals surface area (Å²) in [6.07, 6.45) is 5.49. The zero-order valence-electron chi connectivity index (χ0n) is 11.9. The Kier molecular flexibility index (Phi) is 5.18. The third kappa shape index (κ3) is 4.38. The number of benzene rings is 1. The molecule has 108 valence electrons. The second-order valence-electron chi connectivity index (χ2n) is 5.28. The van der Waals surface area contributed by atoms with Crippen molar-refractivity contribution in [1.82, 2.24) is 4.90 Å². The summed E-state index contributed by atoms with van der Waals surface area (Å²) < 4.78 is 5.33. The van der Waals surface area contributed by atoms with Crippen LogP contribution in [0.15, 0.2) is 30.3 Å². The summed E-state index contributed by atoms with van der Waals surface area (Å²) in [7, 11) is 1.85. The average molecular weight is 274 g/mol. The van der Waals surface area contributed by atoms with E-state index in [9.17, 15) is 4.79 Å². The van der Waals surface area contributed by atoms with Crippen molar-refractivity contribution in [3.63, 3.8) is 0 Å². The maximum atomic E-state index is 12.1. The highest BCUT2D eigenvalue weighted by Crippen LogP contribution is 2.16. The lowest BCUT2D eigenvalue weighted by Crippen LogP contribution is -2.33. The van der Waals surface area contributed by atoms with E-state index < -0.39 is 0 Å². The van der Waals surface area contributed by atoms with Crippen LogP contribution in [0.5, 0.6) is 0 Å². The van der Waals surface area contributed by atoms with E-state index in [0.717, 1.165) is 38.2 Å². The summed E-state index contributed by atoms with van der Waals surface area (Å²) in [6.45, 7) is 2.42. The summed E-state index contributed by atoms with van der Waals surface area (Å²) in [4.78, 5) is 13.8. The van der Waals surface area contributed by atoms with Gasteiger partial charge in [-0.1, -0.05) is 12.1 Å². The summed E-state index contributed by atoms with van der Waals surface area (Å²) >= 11 is 0. The van der Waals surface area contributed by atoms with Crippen LogP contribution in [-0.4, -0.2) is 37.6 Å². The molecule has 0 saturated carbocycles. The second kappa shape index (κ2) is 7.10. The Morgan fingerprint density at radius 2 is 2.20 bits per heavy atom. The largest absolute Gasteiger partial charge is 0.399 e. The van der Waals surface area contributed by atoms with Crippen molar-refractivity contribution in [2.24, 2.45) is 5.92 Å². The minimum atomic E-state index is 0.0268. The predicted octanol–water partition coefficient (Wildman–Crippen LogP) is 2.17. The van der Waals surface area contributed by atoms with Crippen LogP contribution in [-0.2, 0) is 9.53 Å². The van der Waals surface area contributed by atoms with Gasteiger partial charge in [0.25, 0.3) is 0 Å². The molecule has 1 amide bonds. The first kappa shape index (κ1) is 14.6. The number of likely N-dealkylation sites (N-methyl/N-ethyl adjacent to an activating group) is 1. The number of carbonyl (C=O) groups excluding carboxylic acids is 1. The summed E-state index contributed by atoms with van der Waals surface area (Å²) in [5, 5.41) is 0. The molecule has 1 saturated heterocycles. The molecule has 1 heterocycles. The van der Waals surface area contributed by atoms with Crippen LogP contribution < -0.4 is 5.73 Å². The van der Waals surface area contributed by atoms with Gasteiger partial charge in [0.05, 0.1) is 0 Å². The number of nitrogens with zero attached hydrogens (tertiary/aromatic N) is 1. The molecule has 1 aromatic rings. The molecular weight excluding hydrogens is 252 g/mol. The van der Waals surface area contributed by atoms with Gasteiger partial charge in [0.1, 0.15) is 0 Å². The lowest BCUT2D eigenvalue weighted by Gasteiger charge is -2.26. The van der Waals surface area contributed by atoms with Crippen molar-refractivity contribution >= 4 is 17.7 Å². The molecule has 4 nitrogen and oxygen atoms in total. The number of hydrogen-bond acceptors (Lipinski definition) is 3. The lowest BCUT2D eigenvalue weighted by molar-refractivity contribution is -0.125. The SMILES string of the molecule is CN(CC1CCOCC1)C(=O)/C=C/c1cccc(N)c1. The fraction of sp³-hybridized carbons (Fsp3) is 0.438. The van der Waals surface area contributed by atoms with Crippen molar-refractivity contribution in [2.45, 2.75) is 12.8 Å². The first-order valence-corrected chi connectivity index (χ1v) is 7.01. The van der Waals surface area contributed by atoms with Crippen LogP contribution in [0.1, 0.15) is 18.4 Å². The van der Waals surface area contributed by atoms with E-state index in [4.69, 9.17) is 10.5 Å². The monoisotopic (exact) mass is 274 g/mol. The molecule has 1 fully saturated rings. The molecule has 1 aliphatic rings. The van der Waals surface area contributed by atoms with Gasteiger partial charge in [0, 0.05) is 38.6 Å². The van der Waals surface area contributed by atoms with Gasteiger partial charge >= 0.3 is 0 Å². The van der Waals surface area contributed by atoms with Gasteiger partial charge in [-0.05, 0) is 42.5 Å². The smallest absolute Gasteiger partial charge is 0.246 e. The number of ether oxygens (including phenoxy) is 1. The maximum absolute atomic E-state index is 12.1. The fourth-order valence-corrected chi connectivity index (χ4v) is 2.36. The van der Waals surface area contributed by atoms with E-state index in [-0.39, 0.29) is 5.91 Å². The van der Waals surface area contributed by atoms with E-state index >= 15 is 0 Å². The van der Waals surface area contributed by atoms with Crippen molar-refractivity contribution in [3.8, 4) is 0 Å².